The van der Waals surface area contributed by atoms with Crippen LogP contribution in [0.4, 0.5) is 0 Å². The van der Waals surface area contributed by atoms with Gasteiger partial charge in [-0.3, -0.25) is 9.59 Å². The summed E-state index contributed by atoms with van der Waals surface area (Å²) < 4.78 is 10.6. The lowest BCUT2D eigenvalue weighted by atomic mass is 10.1. The Bertz CT molecular complexity index is 1120. The lowest BCUT2D eigenvalue weighted by Crippen LogP contribution is -2.31. The van der Waals surface area contributed by atoms with Gasteiger partial charge in [0.15, 0.2) is 11.5 Å². The summed E-state index contributed by atoms with van der Waals surface area (Å²) in [5, 5.41) is 0.406. The molecule has 0 atom stereocenters. The molecule has 3 rings (SSSR count). The van der Waals surface area contributed by atoms with Gasteiger partial charge in [0.1, 0.15) is 5.82 Å². The van der Waals surface area contributed by atoms with Gasteiger partial charge in [-0.15, -0.1) is 11.3 Å². The summed E-state index contributed by atoms with van der Waals surface area (Å²) in [6.07, 6.45) is 2.01. The quantitative estimate of drug-likeness (QED) is 0.587. The number of carbonyl (C=O) groups excluding carboxylic acids is 1. The molecule has 0 saturated carbocycles. The van der Waals surface area contributed by atoms with E-state index in [1.807, 2.05) is 19.9 Å². The molecule has 1 aromatic carbocycles. The molecule has 0 bridgehead atoms. The van der Waals surface area contributed by atoms with Crippen LogP contribution in [0.5, 0.6) is 11.5 Å². The molecular weight excluding hydrogens is 402 g/mol. The van der Waals surface area contributed by atoms with E-state index < -0.39 is 0 Å². The first-order valence-electron chi connectivity index (χ1n) is 9.95. The van der Waals surface area contributed by atoms with Crippen LogP contribution in [0.2, 0.25) is 0 Å². The number of methoxy groups -OCH3 is 2. The van der Waals surface area contributed by atoms with Gasteiger partial charge >= 0.3 is 0 Å². The number of aromatic nitrogens is 2. The van der Waals surface area contributed by atoms with Crippen molar-refractivity contribution in [2.45, 2.75) is 40.2 Å². The highest BCUT2D eigenvalue weighted by Crippen LogP contribution is 2.30. The van der Waals surface area contributed by atoms with Crippen LogP contribution in [0.25, 0.3) is 10.9 Å². The number of amides is 1. The molecule has 0 radical (unpaired) electrons. The Morgan fingerprint density at radius 1 is 1.17 bits per heavy atom. The van der Waals surface area contributed by atoms with Gasteiger partial charge in [-0.2, -0.15) is 0 Å². The van der Waals surface area contributed by atoms with Crippen LogP contribution in [0, 0.1) is 6.92 Å². The van der Waals surface area contributed by atoms with Gasteiger partial charge in [0.05, 0.1) is 36.5 Å². The van der Waals surface area contributed by atoms with Crippen molar-refractivity contribution in [1.29, 1.82) is 0 Å². The summed E-state index contributed by atoms with van der Waals surface area (Å²) in [4.78, 5) is 36.6. The summed E-state index contributed by atoms with van der Waals surface area (Å²) in [6, 6.07) is 5.27. The number of nitrogens with zero attached hydrogens (tertiary/aromatic N) is 2. The largest absolute Gasteiger partial charge is 0.493 e. The van der Waals surface area contributed by atoms with E-state index >= 15 is 0 Å². The van der Waals surface area contributed by atoms with E-state index in [4.69, 9.17) is 9.47 Å². The van der Waals surface area contributed by atoms with Gasteiger partial charge in [-0.25, -0.2) is 4.98 Å². The van der Waals surface area contributed by atoms with Crippen LogP contribution in [0.3, 0.4) is 0 Å². The van der Waals surface area contributed by atoms with Crippen molar-refractivity contribution in [1.82, 2.24) is 14.9 Å². The first-order valence-corrected chi connectivity index (χ1v) is 10.8. The normalized spacial score (nSPS) is 11.0. The van der Waals surface area contributed by atoms with Gasteiger partial charge in [0.2, 0.25) is 0 Å². The first kappa shape index (κ1) is 21.8. The van der Waals surface area contributed by atoms with E-state index in [0.717, 1.165) is 12.8 Å². The number of aromatic amines is 1. The van der Waals surface area contributed by atoms with Crippen molar-refractivity contribution >= 4 is 28.1 Å². The van der Waals surface area contributed by atoms with Gasteiger partial charge < -0.3 is 19.4 Å². The summed E-state index contributed by atoms with van der Waals surface area (Å²) in [6.45, 7) is 6.82. The fourth-order valence-corrected chi connectivity index (χ4v) is 4.44. The Morgan fingerprint density at radius 3 is 2.50 bits per heavy atom. The van der Waals surface area contributed by atoms with Crippen molar-refractivity contribution in [2.75, 3.05) is 20.8 Å². The van der Waals surface area contributed by atoms with Crippen LogP contribution >= 0.6 is 11.3 Å². The molecule has 0 saturated heterocycles. The van der Waals surface area contributed by atoms with Crippen molar-refractivity contribution in [3.8, 4) is 11.5 Å². The van der Waals surface area contributed by atoms with Crippen molar-refractivity contribution in [3.63, 3.8) is 0 Å². The number of aryl methyl sites for hydroxylation is 2. The number of nitrogens with one attached hydrogen (secondary N) is 1. The lowest BCUT2D eigenvalue weighted by Gasteiger charge is -2.19. The second kappa shape index (κ2) is 9.30. The molecule has 2 heterocycles. The minimum Gasteiger partial charge on any atom is -0.493 e. The van der Waals surface area contributed by atoms with Gasteiger partial charge in [-0.05, 0) is 38.0 Å². The summed E-state index contributed by atoms with van der Waals surface area (Å²) >= 11 is 1.52. The summed E-state index contributed by atoms with van der Waals surface area (Å²) in [7, 11) is 3.05. The predicted molar refractivity (Wildman–Crippen MR) is 119 cm³/mol. The molecule has 160 valence electrons. The first-order chi connectivity index (χ1) is 14.4. The molecule has 7 nitrogen and oxygen atoms in total. The summed E-state index contributed by atoms with van der Waals surface area (Å²) in [5.41, 5.74) is 1.43. The molecule has 30 heavy (non-hydrogen) atoms. The number of hydrogen-bond donors (Lipinski definition) is 1. The van der Waals surface area contributed by atoms with E-state index in [-0.39, 0.29) is 18.0 Å². The molecule has 0 aliphatic heterocycles. The van der Waals surface area contributed by atoms with Crippen LogP contribution < -0.4 is 15.0 Å². The molecule has 0 spiro atoms. The van der Waals surface area contributed by atoms with Gasteiger partial charge in [0, 0.05) is 17.5 Å². The highest BCUT2D eigenvalue weighted by atomic mass is 32.1. The van der Waals surface area contributed by atoms with Crippen molar-refractivity contribution < 1.29 is 14.3 Å². The smallest absolute Gasteiger partial charge is 0.264 e. The molecule has 0 aliphatic carbocycles. The molecule has 0 fully saturated rings. The van der Waals surface area contributed by atoms with Gasteiger partial charge in [0.25, 0.3) is 11.5 Å². The maximum Gasteiger partial charge on any atom is 0.264 e. The van der Waals surface area contributed by atoms with Crippen molar-refractivity contribution in [2.24, 2.45) is 0 Å². The second-order valence-corrected chi connectivity index (χ2v) is 8.25. The van der Waals surface area contributed by atoms with Crippen LogP contribution in [-0.2, 0) is 13.0 Å². The average molecular weight is 430 g/mol. The maximum atomic E-state index is 13.1. The molecule has 2 aromatic heterocycles. The Hall–Kier alpha value is -2.87. The standard InChI is InChI=1S/C22H27N3O4S/c1-6-8-14-9-19(30-13(14)3)22(27)25(7-2)12-20-23-16-11-18(29-5)17(28-4)10-15(16)21(26)24-20/h9-11H,6-8,12H2,1-5H3,(H,23,24,26). The minimum atomic E-state index is -0.281. The fraction of sp³-hybridized carbons (Fsp3) is 0.409. The van der Waals surface area contributed by atoms with Gasteiger partial charge in [-0.1, -0.05) is 13.3 Å². The van der Waals surface area contributed by atoms with Crippen LogP contribution in [-0.4, -0.2) is 41.5 Å². The van der Waals surface area contributed by atoms with E-state index in [1.165, 1.54) is 36.0 Å². The number of ether oxygens (including phenoxy) is 2. The Balaban J connectivity index is 1.92. The molecule has 3 aromatic rings. The number of fused-ring (bicyclic) bond motifs is 1. The fourth-order valence-electron chi connectivity index (χ4n) is 3.40. The molecule has 1 N–H and O–H groups in total. The number of benzene rings is 1. The SMILES string of the molecule is CCCc1cc(C(=O)N(CC)Cc2nc3cc(OC)c(OC)cc3c(=O)[nH]2)sc1C. The maximum absolute atomic E-state index is 13.1. The van der Waals surface area contributed by atoms with Crippen molar-refractivity contribution in [3.05, 3.63) is 49.7 Å². The Labute approximate surface area is 179 Å². The van der Waals surface area contributed by atoms with E-state index in [9.17, 15) is 9.59 Å². The monoisotopic (exact) mass is 429 g/mol. The summed E-state index contributed by atoms with van der Waals surface area (Å²) in [5.74, 6) is 1.33. The van der Waals surface area contributed by atoms with E-state index in [2.05, 4.69) is 16.9 Å². The second-order valence-electron chi connectivity index (χ2n) is 7.00. The lowest BCUT2D eigenvalue weighted by molar-refractivity contribution is 0.0753. The zero-order valence-electron chi connectivity index (χ0n) is 18.0. The number of rotatable bonds is 8. The zero-order valence-corrected chi connectivity index (χ0v) is 18.8. The van der Waals surface area contributed by atoms with Crippen LogP contribution in [0.1, 0.15) is 46.2 Å². The highest BCUT2D eigenvalue weighted by molar-refractivity contribution is 7.14. The van der Waals surface area contributed by atoms with Crippen LogP contribution in [0.15, 0.2) is 23.0 Å². The average Bonchev–Trinajstić information content (AvgIpc) is 3.11. The number of thiophene rings is 1. The predicted octanol–water partition coefficient (Wildman–Crippen LogP) is 3.93. The Kier molecular flexibility index (Phi) is 6.77. The minimum absolute atomic E-state index is 0.0528. The third-order valence-electron chi connectivity index (χ3n) is 5.02. The molecular formula is C22H27N3O4S. The zero-order chi connectivity index (χ0) is 21.8. The third-order valence-corrected chi connectivity index (χ3v) is 6.10. The highest BCUT2D eigenvalue weighted by Gasteiger charge is 2.20. The molecule has 0 aliphatic rings. The molecule has 1 amide bonds. The van der Waals surface area contributed by atoms with E-state index in [0.29, 0.717) is 39.6 Å². The molecule has 8 heteroatoms. The third kappa shape index (κ3) is 4.33. The molecule has 0 unspecified atom stereocenters. The number of H-pyrrole nitrogens is 1. The number of hydrogen-bond acceptors (Lipinski definition) is 6. The topological polar surface area (TPSA) is 84.5 Å². The number of carbonyl (C=O) groups is 1. The Morgan fingerprint density at radius 2 is 1.87 bits per heavy atom. The van der Waals surface area contributed by atoms with E-state index in [1.54, 1.807) is 17.0 Å².